The van der Waals surface area contributed by atoms with Crippen molar-refractivity contribution in [1.29, 1.82) is 0 Å². The van der Waals surface area contributed by atoms with Gasteiger partial charge in [-0.3, -0.25) is 4.79 Å². The molecular weight excluding hydrogens is 284 g/mol. The van der Waals surface area contributed by atoms with Crippen LogP contribution in [0.4, 0.5) is 5.69 Å². The number of rotatable bonds is 2. The van der Waals surface area contributed by atoms with Gasteiger partial charge in [0.25, 0.3) is 5.91 Å². The van der Waals surface area contributed by atoms with Crippen molar-refractivity contribution in [3.63, 3.8) is 0 Å². The van der Waals surface area contributed by atoms with E-state index < -0.39 is 0 Å². The summed E-state index contributed by atoms with van der Waals surface area (Å²) in [6.45, 7) is 3.67. The van der Waals surface area contributed by atoms with Crippen LogP contribution >= 0.6 is 15.9 Å². The monoisotopic (exact) mass is 294 g/mol. The van der Waals surface area contributed by atoms with Crippen LogP contribution < -0.4 is 5.32 Å². The number of carbonyl (C=O) groups excluding carboxylic acids is 1. The second-order valence-electron chi connectivity index (χ2n) is 3.77. The van der Waals surface area contributed by atoms with E-state index in [1.54, 1.807) is 6.92 Å². The van der Waals surface area contributed by atoms with Gasteiger partial charge in [-0.25, -0.2) is 0 Å². The van der Waals surface area contributed by atoms with Crippen LogP contribution in [0.15, 0.2) is 33.4 Å². The summed E-state index contributed by atoms with van der Waals surface area (Å²) in [6.07, 6.45) is 1.41. The molecule has 0 aliphatic carbocycles. The first-order valence-corrected chi connectivity index (χ1v) is 5.85. The predicted molar refractivity (Wildman–Crippen MR) is 68.1 cm³/mol. The minimum absolute atomic E-state index is 0.221. The number of hydrogen-bond acceptors (Lipinski definition) is 3. The van der Waals surface area contributed by atoms with Crippen LogP contribution in [0.5, 0.6) is 0 Å². The van der Waals surface area contributed by atoms with E-state index in [9.17, 15) is 4.79 Å². The molecule has 0 bridgehead atoms. The lowest BCUT2D eigenvalue weighted by Gasteiger charge is -2.05. The van der Waals surface area contributed by atoms with Gasteiger partial charge in [-0.15, -0.1) is 0 Å². The fraction of sp³-hybridized carbons (Fsp3) is 0.167. The first-order chi connectivity index (χ1) is 8.06. The maximum atomic E-state index is 11.9. The van der Waals surface area contributed by atoms with Crippen LogP contribution in [0.3, 0.4) is 0 Å². The van der Waals surface area contributed by atoms with Gasteiger partial charge in [0.2, 0.25) is 0 Å². The van der Waals surface area contributed by atoms with E-state index in [0.29, 0.717) is 11.3 Å². The fourth-order valence-corrected chi connectivity index (χ4v) is 2.13. The molecule has 17 heavy (non-hydrogen) atoms. The van der Waals surface area contributed by atoms with E-state index in [0.717, 1.165) is 15.7 Å². The van der Waals surface area contributed by atoms with Crippen LogP contribution in [0.25, 0.3) is 0 Å². The zero-order chi connectivity index (χ0) is 12.4. The molecule has 0 radical (unpaired) electrons. The van der Waals surface area contributed by atoms with Crippen LogP contribution in [0, 0.1) is 13.8 Å². The lowest BCUT2D eigenvalue weighted by atomic mass is 10.2. The predicted octanol–water partition coefficient (Wildman–Crippen LogP) is 3.31. The Morgan fingerprint density at radius 3 is 2.71 bits per heavy atom. The van der Waals surface area contributed by atoms with Crippen molar-refractivity contribution >= 4 is 27.5 Å². The van der Waals surface area contributed by atoms with E-state index in [2.05, 4.69) is 26.4 Å². The smallest absolute Gasteiger partial charge is 0.260 e. The number of nitrogens with one attached hydrogen (secondary N) is 1. The van der Waals surface area contributed by atoms with Crippen molar-refractivity contribution in [3.8, 4) is 0 Å². The minimum atomic E-state index is -0.221. The van der Waals surface area contributed by atoms with E-state index in [1.807, 2.05) is 25.1 Å². The van der Waals surface area contributed by atoms with Gasteiger partial charge in [-0.05, 0) is 37.6 Å². The third kappa shape index (κ3) is 2.74. The number of aryl methyl sites for hydroxylation is 2. The van der Waals surface area contributed by atoms with Gasteiger partial charge in [0.15, 0.2) is 0 Å². The van der Waals surface area contributed by atoms with Crippen LogP contribution in [0.2, 0.25) is 0 Å². The zero-order valence-electron chi connectivity index (χ0n) is 9.45. The third-order valence-electron chi connectivity index (χ3n) is 2.30. The van der Waals surface area contributed by atoms with E-state index >= 15 is 0 Å². The molecule has 5 heteroatoms. The Labute approximate surface area is 107 Å². The van der Waals surface area contributed by atoms with Crippen LogP contribution in [-0.2, 0) is 0 Å². The topological polar surface area (TPSA) is 55.1 Å². The molecule has 1 amide bonds. The lowest BCUT2D eigenvalue weighted by molar-refractivity contribution is 0.102. The van der Waals surface area contributed by atoms with Gasteiger partial charge < -0.3 is 9.84 Å². The Balaban J connectivity index is 2.21. The molecule has 2 rings (SSSR count). The van der Waals surface area contributed by atoms with E-state index in [-0.39, 0.29) is 5.91 Å². The highest BCUT2D eigenvalue weighted by Crippen LogP contribution is 2.20. The normalized spacial score (nSPS) is 10.3. The van der Waals surface area contributed by atoms with Gasteiger partial charge >= 0.3 is 0 Å². The Kier molecular flexibility index (Phi) is 3.28. The van der Waals surface area contributed by atoms with Crippen molar-refractivity contribution < 1.29 is 9.32 Å². The molecule has 1 N–H and O–H groups in total. The third-order valence-corrected chi connectivity index (χ3v) is 2.75. The van der Waals surface area contributed by atoms with Gasteiger partial charge in [0.1, 0.15) is 11.3 Å². The Bertz CT molecular complexity index is 543. The summed E-state index contributed by atoms with van der Waals surface area (Å²) < 4.78 is 5.78. The summed E-state index contributed by atoms with van der Waals surface area (Å²) in [5.74, 6) is 0.287. The van der Waals surface area contributed by atoms with Crippen molar-refractivity contribution in [3.05, 3.63) is 45.8 Å². The molecule has 0 aliphatic rings. The average molecular weight is 295 g/mol. The number of aromatic nitrogens is 1. The summed E-state index contributed by atoms with van der Waals surface area (Å²) in [6, 6.07) is 5.71. The zero-order valence-corrected chi connectivity index (χ0v) is 11.0. The number of amides is 1. The molecule has 0 fully saturated rings. The summed E-state index contributed by atoms with van der Waals surface area (Å²) in [5, 5.41) is 6.37. The molecule has 88 valence electrons. The Morgan fingerprint density at radius 1 is 1.35 bits per heavy atom. The quantitative estimate of drug-likeness (QED) is 0.924. The maximum absolute atomic E-state index is 11.9. The van der Waals surface area contributed by atoms with E-state index in [4.69, 9.17) is 4.52 Å². The van der Waals surface area contributed by atoms with Crippen molar-refractivity contribution in [2.75, 3.05) is 5.32 Å². The molecule has 1 aromatic heterocycles. The second kappa shape index (κ2) is 4.71. The summed E-state index contributed by atoms with van der Waals surface area (Å²) >= 11 is 3.38. The molecule has 0 saturated carbocycles. The van der Waals surface area contributed by atoms with Gasteiger partial charge in [-0.1, -0.05) is 21.1 Å². The highest BCUT2D eigenvalue weighted by atomic mass is 79.9. The largest absolute Gasteiger partial charge is 0.361 e. The van der Waals surface area contributed by atoms with Crippen molar-refractivity contribution in [2.24, 2.45) is 0 Å². The van der Waals surface area contributed by atoms with Gasteiger partial charge in [-0.2, -0.15) is 0 Å². The SMILES string of the molecule is Cc1cc(Br)cc(NC(=O)c2cnoc2C)c1. The molecule has 2 aromatic rings. The average Bonchev–Trinajstić information content (AvgIpc) is 2.62. The Morgan fingerprint density at radius 2 is 2.12 bits per heavy atom. The van der Waals surface area contributed by atoms with Gasteiger partial charge in [0.05, 0.1) is 6.20 Å². The summed E-state index contributed by atoms with van der Waals surface area (Å²) in [5.41, 5.74) is 2.25. The molecule has 0 aliphatic heterocycles. The maximum Gasteiger partial charge on any atom is 0.260 e. The standard InChI is InChI=1S/C12H11BrN2O2/c1-7-3-9(13)5-10(4-7)15-12(16)11-6-14-17-8(11)2/h3-6H,1-2H3,(H,15,16). The highest BCUT2D eigenvalue weighted by Gasteiger charge is 2.13. The summed E-state index contributed by atoms with van der Waals surface area (Å²) in [7, 11) is 0. The second-order valence-corrected chi connectivity index (χ2v) is 4.68. The number of nitrogens with zero attached hydrogens (tertiary/aromatic N) is 1. The minimum Gasteiger partial charge on any atom is -0.361 e. The van der Waals surface area contributed by atoms with Crippen molar-refractivity contribution in [2.45, 2.75) is 13.8 Å². The van der Waals surface area contributed by atoms with Crippen molar-refractivity contribution in [1.82, 2.24) is 5.16 Å². The first kappa shape index (κ1) is 11.9. The molecule has 0 atom stereocenters. The number of benzene rings is 1. The summed E-state index contributed by atoms with van der Waals surface area (Å²) in [4.78, 5) is 11.9. The van der Waals surface area contributed by atoms with Crippen LogP contribution in [-0.4, -0.2) is 11.1 Å². The number of halogens is 1. The number of anilines is 1. The molecule has 4 nitrogen and oxygen atoms in total. The van der Waals surface area contributed by atoms with Crippen LogP contribution in [0.1, 0.15) is 21.7 Å². The molecule has 0 spiro atoms. The van der Waals surface area contributed by atoms with Gasteiger partial charge in [0, 0.05) is 10.2 Å². The number of hydrogen-bond donors (Lipinski definition) is 1. The molecule has 0 saturated heterocycles. The molecule has 1 heterocycles. The molecular formula is C12H11BrN2O2. The molecule has 1 aromatic carbocycles. The first-order valence-electron chi connectivity index (χ1n) is 5.06. The Hall–Kier alpha value is -1.62. The highest BCUT2D eigenvalue weighted by molar-refractivity contribution is 9.10. The van der Waals surface area contributed by atoms with E-state index in [1.165, 1.54) is 6.20 Å². The number of carbonyl (C=O) groups is 1. The fourth-order valence-electron chi connectivity index (χ4n) is 1.52. The lowest BCUT2D eigenvalue weighted by Crippen LogP contribution is -2.12. The molecule has 0 unspecified atom stereocenters.